The van der Waals surface area contributed by atoms with Crippen molar-refractivity contribution in [3.05, 3.63) is 29.8 Å². The van der Waals surface area contributed by atoms with Gasteiger partial charge in [0.15, 0.2) is 0 Å². The highest BCUT2D eigenvalue weighted by Gasteiger charge is 2.21. The first-order valence-electron chi connectivity index (χ1n) is 9.44. The van der Waals surface area contributed by atoms with Gasteiger partial charge in [-0.2, -0.15) is 0 Å². The van der Waals surface area contributed by atoms with Crippen LogP contribution in [-0.2, 0) is 4.79 Å². The van der Waals surface area contributed by atoms with E-state index in [0.717, 1.165) is 57.3 Å². The van der Waals surface area contributed by atoms with Crippen LogP contribution in [0.3, 0.4) is 0 Å². The Hall–Kier alpha value is -1.84. The van der Waals surface area contributed by atoms with Crippen molar-refractivity contribution in [2.24, 2.45) is 5.92 Å². The molecule has 3 rings (SSSR count). The number of carbonyl (C=O) groups is 2. The average molecular weight is 328 g/mol. The zero-order valence-electron chi connectivity index (χ0n) is 14.4. The fourth-order valence-corrected chi connectivity index (χ4v) is 3.76. The summed E-state index contributed by atoms with van der Waals surface area (Å²) < 4.78 is 0. The van der Waals surface area contributed by atoms with Crippen molar-refractivity contribution >= 4 is 17.5 Å². The summed E-state index contributed by atoms with van der Waals surface area (Å²) in [5.41, 5.74) is 1.51. The van der Waals surface area contributed by atoms with Gasteiger partial charge in [-0.05, 0) is 49.9 Å². The summed E-state index contributed by atoms with van der Waals surface area (Å²) in [6, 6.07) is 7.38. The van der Waals surface area contributed by atoms with E-state index in [1.54, 1.807) is 0 Å². The Morgan fingerprint density at radius 2 is 1.42 bits per heavy atom. The van der Waals surface area contributed by atoms with Gasteiger partial charge >= 0.3 is 0 Å². The Labute approximate surface area is 144 Å². The van der Waals surface area contributed by atoms with E-state index in [4.69, 9.17) is 0 Å². The molecule has 0 atom stereocenters. The Balaban J connectivity index is 1.58. The molecule has 1 saturated carbocycles. The minimum absolute atomic E-state index is 0.113. The lowest BCUT2D eigenvalue weighted by Gasteiger charge is -2.21. The number of nitrogens with zero attached hydrogens (tertiary/aromatic N) is 1. The van der Waals surface area contributed by atoms with Gasteiger partial charge in [-0.1, -0.05) is 32.1 Å². The highest BCUT2D eigenvalue weighted by Crippen LogP contribution is 2.25. The molecule has 4 nitrogen and oxygen atoms in total. The lowest BCUT2D eigenvalue weighted by atomic mass is 9.88. The molecule has 2 aliphatic rings. The van der Waals surface area contributed by atoms with Gasteiger partial charge in [0.25, 0.3) is 5.91 Å². The van der Waals surface area contributed by atoms with Crippen LogP contribution in [-0.4, -0.2) is 29.8 Å². The van der Waals surface area contributed by atoms with Gasteiger partial charge < -0.3 is 10.2 Å². The lowest BCUT2D eigenvalue weighted by molar-refractivity contribution is -0.120. The third-order valence-corrected chi connectivity index (χ3v) is 5.27. The van der Waals surface area contributed by atoms with Crippen molar-refractivity contribution in [2.45, 2.75) is 57.8 Å². The van der Waals surface area contributed by atoms with Gasteiger partial charge in [0.2, 0.25) is 5.91 Å². The fraction of sp³-hybridized carbons (Fsp3) is 0.600. The molecule has 2 amide bonds. The van der Waals surface area contributed by atoms with Crippen molar-refractivity contribution in [1.82, 2.24) is 4.90 Å². The summed E-state index contributed by atoms with van der Waals surface area (Å²) in [5.74, 6) is 0.389. The van der Waals surface area contributed by atoms with Gasteiger partial charge in [0.1, 0.15) is 0 Å². The van der Waals surface area contributed by atoms with E-state index in [1.165, 1.54) is 19.3 Å². The van der Waals surface area contributed by atoms with Crippen LogP contribution >= 0.6 is 0 Å². The molecule has 24 heavy (non-hydrogen) atoms. The highest BCUT2D eigenvalue weighted by atomic mass is 16.2. The first-order chi connectivity index (χ1) is 11.7. The Bertz CT molecular complexity index is 554. The smallest absolute Gasteiger partial charge is 0.253 e. The number of benzene rings is 1. The van der Waals surface area contributed by atoms with Crippen molar-refractivity contribution in [1.29, 1.82) is 0 Å². The van der Waals surface area contributed by atoms with E-state index in [2.05, 4.69) is 5.32 Å². The summed E-state index contributed by atoms with van der Waals surface area (Å²) in [4.78, 5) is 26.8. The summed E-state index contributed by atoms with van der Waals surface area (Å²) in [7, 11) is 0. The summed E-state index contributed by atoms with van der Waals surface area (Å²) in [6.45, 7) is 1.72. The molecular formula is C20H28N2O2. The molecular weight excluding hydrogens is 300 g/mol. The molecule has 130 valence electrons. The first kappa shape index (κ1) is 17.0. The molecule has 4 heteroatoms. The van der Waals surface area contributed by atoms with Crippen LogP contribution in [0.25, 0.3) is 0 Å². The molecule has 1 saturated heterocycles. The number of carbonyl (C=O) groups excluding carboxylic acids is 2. The minimum atomic E-state index is 0.113. The van der Waals surface area contributed by atoms with Crippen LogP contribution in [0.4, 0.5) is 5.69 Å². The molecule has 1 aromatic rings. The SMILES string of the molecule is O=C(Nc1ccc(C(=O)N2CCCCCC2)cc1)C1CCCCC1. The maximum absolute atomic E-state index is 12.6. The fourth-order valence-electron chi connectivity index (χ4n) is 3.76. The van der Waals surface area contributed by atoms with E-state index in [9.17, 15) is 9.59 Å². The molecule has 0 spiro atoms. The average Bonchev–Trinajstić information content (AvgIpc) is 2.92. The van der Waals surface area contributed by atoms with Crippen molar-refractivity contribution in [3.63, 3.8) is 0 Å². The van der Waals surface area contributed by atoms with Crippen LogP contribution in [0.2, 0.25) is 0 Å². The molecule has 1 aliphatic heterocycles. The monoisotopic (exact) mass is 328 g/mol. The molecule has 0 radical (unpaired) electrons. The number of amides is 2. The third kappa shape index (κ3) is 4.37. The molecule has 1 aromatic carbocycles. The normalized spacial score (nSPS) is 19.6. The predicted octanol–water partition coefficient (Wildman–Crippen LogP) is 4.22. The zero-order valence-corrected chi connectivity index (χ0v) is 14.4. The van der Waals surface area contributed by atoms with E-state index >= 15 is 0 Å². The topological polar surface area (TPSA) is 49.4 Å². The number of rotatable bonds is 3. The molecule has 0 aromatic heterocycles. The van der Waals surface area contributed by atoms with Crippen LogP contribution < -0.4 is 5.32 Å². The van der Waals surface area contributed by atoms with Gasteiger partial charge in [-0.15, -0.1) is 0 Å². The number of hydrogen-bond acceptors (Lipinski definition) is 2. The van der Waals surface area contributed by atoms with E-state index in [0.29, 0.717) is 5.56 Å². The van der Waals surface area contributed by atoms with Gasteiger partial charge in [0, 0.05) is 30.3 Å². The minimum Gasteiger partial charge on any atom is -0.339 e. The van der Waals surface area contributed by atoms with Crippen LogP contribution in [0.5, 0.6) is 0 Å². The second-order valence-electron chi connectivity index (χ2n) is 7.11. The summed E-state index contributed by atoms with van der Waals surface area (Å²) in [5, 5.41) is 3.00. The zero-order chi connectivity index (χ0) is 16.8. The molecule has 1 heterocycles. The standard InChI is InChI=1S/C20H28N2O2/c23-19(16-8-4-3-5-9-16)21-18-12-10-17(11-13-18)20(24)22-14-6-1-2-7-15-22/h10-13,16H,1-9,14-15H2,(H,21,23). The lowest BCUT2D eigenvalue weighted by Crippen LogP contribution is -2.31. The molecule has 0 bridgehead atoms. The van der Waals surface area contributed by atoms with Gasteiger partial charge in [0.05, 0.1) is 0 Å². The largest absolute Gasteiger partial charge is 0.339 e. The molecule has 1 aliphatic carbocycles. The van der Waals surface area contributed by atoms with Crippen LogP contribution in [0.1, 0.15) is 68.1 Å². The molecule has 1 N–H and O–H groups in total. The Kier molecular flexibility index (Phi) is 5.89. The van der Waals surface area contributed by atoms with Gasteiger partial charge in [-0.25, -0.2) is 0 Å². The summed E-state index contributed by atoms with van der Waals surface area (Å²) in [6.07, 6.45) is 10.2. The maximum atomic E-state index is 12.6. The second-order valence-corrected chi connectivity index (χ2v) is 7.11. The first-order valence-corrected chi connectivity index (χ1v) is 9.44. The Morgan fingerprint density at radius 1 is 0.833 bits per heavy atom. The second kappa shape index (κ2) is 8.32. The number of likely N-dealkylation sites (tertiary alicyclic amines) is 1. The number of anilines is 1. The number of hydrogen-bond donors (Lipinski definition) is 1. The van der Waals surface area contributed by atoms with E-state index in [1.807, 2.05) is 29.2 Å². The van der Waals surface area contributed by atoms with E-state index < -0.39 is 0 Å². The molecule has 2 fully saturated rings. The van der Waals surface area contributed by atoms with Crippen molar-refractivity contribution in [3.8, 4) is 0 Å². The highest BCUT2D eigenvalue weighted by molar-refractivity contribution is 5.96. The molecule has 0 unspecified atom stereocenters. The summed E-state index contributed by atoms with van der Waals surface area (Å²) >= 11 is 0. The van der Waals surface area contributed by atoms with E-state index in [-0.39, 0.29) is 17.7 Å². The van der Waals surface area contributed by atoms with Gasteiger partial charge in [-0.3, -0.25) is 9.59 Å². The van der Waals surface area contributed by atoms with Crippen molar-refractivity contribution in [2.75, 3.05) is 18.4 Å². The third-order valence-electron chi connectivity index (χ3n) is 5.27. The maximum Gasteiger partial charge on any atom is 0.253 e. The van der Waals surface area contributed by atoms with Crippen LogP contribution in [0.15, 0.2) is 24.3 Å². The van der Waals surface area contributed by atoms with Crippen molar-refractivity contribution < 1.29 is 9.59 Å². The number of nitrogens with one attached hydrogen (secondary N) is 1. The quantitative estimate of drug-likeness (QED) is 0.903. The Morgan fingerprint density at radius 3 is 2.04 bits per heavy atom. The predicted molar refractivity (Wildman–Crippen MR) is 96.0 cm³/mol. The van der Waals surface area contributed by atoms with Crippen LogP contribution in [0, 0.1) is 5.92 Å².